The van der Waals surface area contributed by atoms with Gasteiger partial charge in [0.1, 0.15) is 0 Å². The predicted octanol–water partition coefficient (Wildman–Crippen LogP) is 3.94. The van der Waals surface area contributed by atoms with Crippen molar-refractivity contribution in [1.29, 1.82) is 0 Å². The second kappa shape index (κ2) is 3.94. The molecule has 94 valence electrons. The lowest BCUT2D eigenvalue weighted by atomic mass is 9.54. The zero-order valence-corrected chi connectivity index (χ0v) is 10.7. The molecule has 0 saturated heterocycles. The number of carbonyl (C=O) groups is 1. The average molecular weight is 240 g/mol. The molecule has 3 aliphatic carbocycles. The minimum Gasteiger partial charge on any atom is -0.294 e. The summed E-state index contributed by atoms with van der Waals surface area (Å²) in [6.07, 6.45) is 6.82. The Balaban J connectivity index is 1.61. The zero-order chi connectivity index (χ0) is 12.1. The van der Waals surface area contributed by atoms with Gasteiger partial charge in [-0.05, 0) is 49.4 Å². The number of rotatable bonds is 3. The van der Waals surface area contributed by atoms with Crippen molar-refractivity contribution in [3.8, 4) is 0 Å². The van der Waals surface area contributed by atoms with Gasteiger partial charge in [0.15, 0.2) is 5.78 Å². The van der Waals surface area contributed by atoms with Crippen LogP contribution < -0.4 is 0 Å². The van der Waals surface area contributed by atoms with Crippen LogP contribution in [0, 0.1) is 29.6 Å². The molecule has 3 fully saturated rings. The Labute approximate surface area is 109 Å². The third-order valence-corrected chi connectivity index (χ3v) is 5.52. The van der Waals surface area contributed by atoms with Crippen molar-refractivity contribution in [2.24, 2.45) is 29.6 Å². The first-order valence-corrected chi connectivity index (χ1v) is 7.45. The van der Waals surface area contributed by atoms with E-state index in [-0.39, 0.29) is 0 Å². The summed E-state index contributed by atoms with van der Waals surface area (Å²) in [4.78, 5) is 12.7. The fourth-order valence-electron chi connectivity index (χ4n) is 4.64. The van der Waals surface area contributed by atoms with Crippen LogP contribution in [0.15, 0.2) is 30.3 Å². The molecule has 18 heavy (non-hydrogen) atoms. The van der Waals surface area contributed by atoms with E-state index in [0.717, 1.165) is 29.2 Å². The maximum atomic E-state index is 12.7. The molecule has 1 aromatic rings. The van der Waals surface area contributed by atoms with Crippen LogP contribution in [0.25, 0.3) is 0 Å². The molecule has 1 nitrogen and oxygen atoms in total. The molecule has 0 amide bonds. The Hall–Kier alpha value is -1.11. The summed E-state index contributed by atoms with van der Waals surface area (Å²) in [5.74, 6) is 4.06. The quantitative estimate of drug-likeness (QED) is 0.731. The topological polar surface area (TPSA) is 17.1 Å². The van der Waals surface area contributed by atoms with E-state index in [0.29, 0.717) is 11.7 Å². The van der Waals surface area contributed by atoms with Gasteiger partial charge in [-0.3, -0.25) is 4.79 Å². The van der Waals surface area contributed by atoms with Gasteiger partial charge in [-0.25, -0.2) is 0 Å². The lowest BCUT2D eigenvalue weighted by Gasteiger charge is -2.49. The molecule has 3 saturated carbocycles. The maximum Gasteiger partial charge on any atom is 0.166 e. The molecule has 0 aliphatic heterocycles. The Bertz CT molecular complexity index is 460. The SMILES string of the molecule is O=C(c1ccccc1)[C@@H]1[C@H]2CCC[C@H]2[C@@H]1C1CC1. The van der Waals surface area contributed by atoms with Gasteiger partial charge in [-0.1, -0.05) is 36.8 Å². The van der Waals surface area contributed by atoms with Gasteiger partial charge >= 0.3 is 0 Å². The van der Waals surface area contributed by atoms with Crippen molar-refractivity contribution < 1.29 is 4.79 Å². The summed E-state index contributed by atoms with van der Waals surface area (Å²) in [5.41, 5.74) is 0.943. The molecule has 0 radical (unpaired) electrons. The lowest BCUT2D eigenvalue weighted by molar-refractivity contribution is -0.00222. The third-order valence-electron chi connectivity index (χ3n) is 5.52. The summed E-state index contributed by atoms with van der Waals surface area (Å²) in [7, 11) is 0. The summed E-state index contributed by atoms with van der Waals surface area (Å²) in [6, 6.07) is 9.96. The van der Waals surface area contributed by atoms with E-state index in [1.54, 1.807) is 0 Å². The van der Waals surface area contributed by atoms with Gasteiger partial charge < -0.3 is 0 Å². The highest BCUT2D eigenvalue weighted by Crippen LogP contribution is 2.63. The monoisotopic (exact) mass is 240 g/mol. The fourth-order valence-corrected chi connectivity index (χ4v) is 4.64. The number of benzene rings is 1. The van der Waals surface area contributed by atoms with Crippen LogP contribution in [0.3, 0.4) is 0 Å². The van der Waals surface area contributed by atoms with Gasteiger partial charge in [0, 0.05) is 11.5 Å². The Morgan fingerprint density at radius 1 is 0.944 bits per heavy atom. The molecule has 4 atom stereocenters. The predicted molar refractivity (Wildman–Crippen MR) is 71.3 cm³/mol. The van der Waals surface area contributed by atoms with E-state index in [1.165, 1.54) is 32.1 Å². The van der Waals surface area contributed by atoms with Gasteiger partial charge in [-0.15, -0.1) is 0 Å². The number of Topliss-reactive ketones (excluding diaryl/α,β-unsaturated/α-hetero) is 1. The third kappa shape index (κ3) is 1.49. The van der Waals surface area contributed by atoms with Crippen molar-refractivity contribution in [2.45, 2.75) is 32.1 Å². The summed E-state index contributed by atoms with van der Waals surface area (Å²) < 4.78 is 0. The fraction of sp³-hybridized carbons (Fsp3) is 0.588. The van der Waals surface area contributed by atoms with E-state index in [2.05, 4.69) is 0 Å². The van der Waals surface area contributed by atoms with Crippen LogP contribution in [-0.2, 0) is 0 Å². The van der Waals surface area contributed by atoms with Crippen molar-refractivity contribution >= 4 is 5.78 Å². The number of hydrogen-bond acceptors (Lipinski definition) is 1. The van der Waals surface area contributed by atoms with Crippen LogP contribution in [-0.4, -0.2) is 5.78 Å². The molecule has 0 spiro atoms. The second-order valence-corrected chi connectivity index (χ2v) is 6.43. The molecular formula is C17H20O. The molecule has 0 aromatic heterocycles. The van der Waals surface area contributed by atoms with Crippen LogP contribution in [0.5, 0.6) is 0 Å². The Morgan fingerprint density at radius 2 is 1.67 bits per heavy atom. The highest BCUT2D eigenvalue weighted by molar-refractivity contribution is 5.99. The first-order valence-electron chi connectivity index (χ1n) is 7.45. The first kappa shape index (κ1) is 10.8. The molecule has 0 N–H and O–H groups in total. The molecule has 0 bridgehead atoms. The number of ketones is 1. The van der Waals surface area contributed by atoms with Crippen LogP contribution >= 0.6 is 0 Å². The van der Waals surface area contributed by atoms with Gasteiger partial charge in [0.25, 0.3) is 0 Å². The minimum absolute atomic E-state index is 0.368. The maximum absolute atomic E-state index is 12.7. The van der Waals surface area contributed by atoms with Gasteiger partial charge in [-0.2, -0.15) is 0 Å². The molecule has 0 heterocycles. The van der Waals surface area contributed by atoms with E-state index in [1.807, 2.05) is 30.3 Å². The molecular weight excluding hydrogens is 220 g/mol. The average Bonchev–Trinajstić information content (AvgIpc) is 3.13. The zero-order valence-electron chi connectivity index (χ0n) is 10.7. The van der Waals surface area contributed by atoms with Crippen LogP contribution in [0.2, 0.25) is 0 Å². The van der Waals surface area contributed by atoms with Crippen molar-refractivity contribution in [1.82, 2.24) is 0 Å². The molecule has 1 heteroatoms. The highest BCUT2D eigenvalue weighted by Gasteiger charge is 2.59. The normalized spacial score (nSPS) is 38.0. The molecule has 1 aromatic carbocycles. The first-order chi connectivity index (χ1) is 8.86. The highest BCUT2D eigenvalue weighted by atomic mass is 16.1. The van der Waals surface area contributed by atoms with E-state index >= 15 is 0 Å². The van der Waals surface area contributed by atoms with Crippen LogP contribution in [0.1, 0.15) is 42.5 Å². The van der Waals surface area contributed by atoms with Gasteiger partial charge in [0.05, 0.1) is 0 Å². The number of carbonyl (C=O) groups excluding carboxylic acids is 1. The van der Waals surface area contributed by atoms with Crippen molar-refractivity contribution in [2.75, 3.05) is 0 Å². The smallest absolute Gasteiger partial charge is 0.166 e. The molecule has 0 unspecified atom stereocenters. The molecule has 3 aliphatic rings. The van der Waals surface area contributed by atoms with Crippen molar-refractivity contribution in [3.05, 3.63) is 35.9 Å². The summed E-state index contributed by atoms with van der Waals surface area (Å²) in [6.45, 7) is 0. The largest absolute Gasteiger partial charge is 0.294 e. The Morgan fingerprint density at radius 3 is 2.39 bits per heavy atom. The Kier molecular flexibility index (Phi) is 2.36. The van der Waals surface area contributed by atoms with E-state index in [4.69, 9.17) is 0 Å². The standard InChI is InChI=1S/C17H20O/c18-17(12-5-2-1-3-6-12)16-14-8-4-7-13(14)15(16)11-9-10-11/h1-3,5-6,11,13-16H,4,7-10H2/t13-,14+,15+,16-/m1/s1. The van der Waals surface area contributed by atoms with Crippen molar-refractivity contribution in [3.63, 3.8) is 0 Å². The minimum atomic E-state index is 0.368. The van der Waals surface area contributed by atoms with Gasteiger partial charge in [0.2, 0.25) is 0 Å². The number of hydrogen-bond donors (Lipinski definition) is 0. The summed E-state index contributed by atoms with van der Waals surface area (Å²) >= 11 is 0. The van der Waals surface area contributed by atoms with E-state index < -0.39 is 0 Å². The second-order valence-electron chi connectivity index (χ2n) is 6.43. The lowest BCUT2D eigenvalue weighted by Crippen LogP contribution is -2.49. The van der Waals surface area contributed by atoms with E-state index in [9.17, 15) is 4.79 Å². The molecule has 4 rings (SSSR count). The van der Waals surface area contributed by atoms with Crippen LogP contribution in [0.4, 0.5) is 0 Å². The summed E-state index contributed by atoms with van der Waals surface area (Å²) in [5, 5.41) is 0. The number of fused-ring (bicyclic) bond motifs is 1.